The van der Waals surface area contributed by atoms with Crippen molar-refractivity contribution in [2.45, 2.75) is 213 Å². The molecular weight excluding hydrogens is 763 g/mol. The van der Waals surface area contributed by atoms with Gasteiger partial charge in [-0.25, -0.2) is 0 Å². The lowest BCUT2D eigenvalue weighted by Crippen LogP contribution is -2.61. The van der Waals surface area contributed by atoms with Crippen LogP contribution in [-0.4, -0.2) is 143 Å². The minimum absolute atomic E-state index is 0.0208. The molecule has 0 aromatic carbocycles. The van der Waals surface area contributed by atoms with Crippen LogP contribution in [0.5, 0.6) is 0 Å². The molecule has 19 atom stereocenters. The number of carbonyl (C=O) groups is 1. The molecule has 3 N–H and O–H groups in total. The van der Waals surface area contributed by atoms with E-state index in [1.807, 2.05) is 13.1 Å². The molecule has 0 aliphatic carbocycles. The minimum Gasteiger partial charge on any atom is -0.432 e. The molecule has 1 spiro atoms. The summed E-state index contributed by atoms with van der Waals surface area (Å²) in [6, 6.07) is 0.623. The van der Waals surface area contributed by atoms with Crippen molar-refractivity contribution in [3.8, 4) is 0 Å². The maximum Gasteiger partial charge on any atom is 0.184 e. The number of methoxy groups -OCH3 is 1. The number of carbonyl (C=O) groups excluding carboxylic acids is 1. The van der Waals surface area contributed by atoms with Gasteiger partial charge in [-0.3, -0.25) is 4.79 Å². The van der Waals surface area contributed by atoms with E-state index in [1.54, 1.807) is 7.11 Å². The summed E-state index contributed by atoms with van der Waals surface area (Å²) in [7, 11) is -0.573. The van der Waals surface area contributed by atoms with E-state index in [0.717, 1.165) is 56.1 Å². The van der Waals surface area contributed by atoms with Crippen molar-refractivity contribution in [1.82, 2.24) is 0 Å². The monoisotopic (exact) mass is 831 g/mol. The third-order valence-corrected chi connectivity index (χ3v) is 16.5. The lowest BCUT2D eigenvalue weighted by molar-refractivity contribution is -0.292. The summed E-state index contributed by atoms with van der Waals surface area (Å²) in [6.45, 7) is 15.8. The summed E-state index contributed by atoms with van der Waals surface area (Å²) >= 11 is 0. The van der Waals surface area contributed by atoms with Crippen molar-refractivity contribution in [3.05, 3.63) is 24.3 Å². The first-order valence-electron chi connectivity index (χ1n) is 22.5. The quantitative estimate of drug-likeness (QED) is 0.258. The van der Waals surface area contributed by atoms with Crippen molar-refractivity contribution in [2.24, 2.45) is 17.6 Å². The van der Waals surface area contributed by atoms with Crippen LogP contribution in [0.1, 0.15) is 90.4 Å². The van der Waals surface area contributed by atoms with E-state index >= 15 is 0 Å². The highest BCUT2D eigenvalue weighted by atomic mass is 28.4. The Morgan fingerprint density at radius 1 is 0.828 bits per heavy atom. The highest BCUT2D eigenvalue weighted by molar-refractivity contribution is 6.69. The average Bonchev–Trinajstić information content (AvgIpc) is 3.85. The molecule has 10 aliphatic heterocycles. The third kappa shape index (κ3) is 8.51. The molecule has 10 rings (SSSR count). The van der Waals surface area contributed by atoms with Gasteiger partial charge in [0.25, 0.3) is 0 Å². The van der Waals surface area contributed by atoms with Gasteiger partial charge in [0, 0.05) is 64.7 Å². The molecule has 14 heteroatoms. The Kier molecular flexibility index (Phi) is 12.3. The topological polar surface area (TPSA) is 156 Å². The van der Waals surface area contributed by atoms with Gasteiger partial charge in [-0.15, -0.1) is 0 Å². The molecule has 0 radical (unpaired) electrons. The van der Waals surface area contributed by atoms with Gasteiger partial charge in [-0.05, 0) is 81.1 Å². The Bertz CT molecular complexity index is 1530. The molecule has 10 aliphatic rings. The summed E-state index contributed by atoms with van der Waals surface area (Å²) in [5.41, 5.74) is 8.45. The highest BCUT2D eigenvalue weighted by Gasteiger charge is 2.68. The summed E-state index contributed by atoms with van der Waals surface area (Å²) in [5.74, 6) is -0.603. The van der Waals surface area contributed by atoms with Crippen LogP contribution in [-0.2, 0) is 52.2 Å². The molecule has 1 unspecified atom stereocenters. The van der Waals surface area contributed by atoms with E-state index in [-0.39, 0.29) is 128 Å². The van der Waals surface area contributed by atoms with Gasteiger partial charge in [0.05, 0.1) is 67.1 Å². The number of hydrogen-bond donors (Lipinski definition) is 2. The molecule has 10 heterocycles. The van der Waals surface area contributed by atoms with Crippen LogP contribution < -0.4 is 5.73 Å². The predicted molar refractivity (Wildman–Crippen MR) is 215 cm³/mol. The molecule has 10 saturated heterocycles. The lowest BCUT2D eigenvalue weighted by Gasteiger charge is -2.47. The Balaban J connectivity index is 0.970. The smallest absolute Gasteiger partial charge is 0.184 e. The fourth-order valence-electron chi connectivity index (χ4n) is 11.9. The van der Waals surface area contributed by atoms with Crippen LogP contribution in [0.2, 0.25) is 19.1 Å². The van der Waals surface area contributed by atoms with Gasteiger partial charge in [-0.2, -0.15) is 0 Å². The molecule has 0 saturated carbocycles. The van der Waals surface area contributed by atoms with Gasteiger partial charge in [-0.1, -0.05) is 20.1 Å². The van der Waals surface area contributed by atoms with Gasteiger partial charge in [0.2, 0.25) is 0 Å². The molecule has 0 aromatic rings. The van der Waals surface area contributed by atoms with Crippen LogP contribution in [0, 0.1) is 11.8 Å². The second-order valence-corrected chi connectivity index (χ2v) is 24.0. The van der Waals surface area contributed by atoms with E-state index in [2.05, 4.69) is 20.1 Å². The Labute approximate surface area is 345 Å². The molecule has 326 valence electrons. The fourth-order valence-corrected chi connectivity index (χ4v) is 12.5. The Morgan fingerprint density at radius 3 is 2.36 bits per heavy atom. The number of ether oxygens (including phenoxy) is 10. The molecule has 0 aromatic heterocycles. The van der Waals surface area contributed by atoms with Crippen LogP contribution in [0.3, 0.4) is 0 Å². The maximum absolute atomic E-state index is 14.3. The Morgan fingerprint density at radius 2 is 1.57 bits per heavy atom. The fraction of sp³-hybridized carbons (Fsp3) is 0.886. The zero-order valence-corrected chi connectivity index (χ0v) is 36.1. The molecular formula is C44H69NO12Si. The zero-order chi connectivity index (χ0) is 40.5. The van der Waals surface area contributed by atoms with Crippen LogP contribution >= 0.6 is 0 Å². The van der Waals surface area contributed by atoms with Gasteiger partial charge >= 0.3 is 0 Å². The van der Waals surface area contributed by atoms with Crippen LogP contribution in [0.25, 0.3) is 0 Å². The molecule has 13 nitrogen and oxygen atoms in total. The average molecular weight is 832 g/mol. The van der Waals surface area contributed by atoms with Crippen molar-refractivity contribution < 1.29 is 57.0 Å². The predicted octanol–water partition coefficient (Wildman–Crippen LogP) is 4.66. The lowest BCUT2D eigenvalue weighted by atomic mass is 9.81. The van der Waals surface area contributed by atoms with Crippen LogP contribution in [0.15, 0.2) is 24.3 Å². The van der Waals surface area contributed by atoms with E-state index in [4.69, 9.17) is 53.1 Å². The first-order chi connectivity index (χ1) is 27.8. The maximum atomic E-state index is 14.3. The molecule has 10 fully saturated rings. The number of Topliss-reactive ketones (excluding diaryl/α,β-unsaturated/α-hetero) is 1. The molecule has 12 bridgehead atoms. The summed E-state index contributed by atoms with van der Waals surface area (Å²) < 4.78 is 67.0. The number of nitrogens with two attached hydrogens (primary N) is 1. The van der Waals surface area contributed by atoms with Crippen molar-refractivity contribution in [2.75, 3.05) is 20.3 Å². The van der Waals surface area contributed by atoms with Gasteiger partial charge in [0.15, 0.2) is 14.1 Å². The number of ketones is 1. The largest absolute Gasteiger partial charge is 0.432 e. The van der Waals surface area contributed by atoms with E-state index in [1.165, 1.54) is 0 Å². The molecule has 58 heavy (non-hydrogen) atoms. The van der Waals surface area contributed by atoms with Gasteiger partial charge < -0.3 is 57.9 Å². The summed E-state index contributed by atoms with van der Waals surface area (Å²) in [6.07, 6.45) is 5.57. The zero-order valence-electron chi connectivity index (χ0n) is 35.1. The second kappa shape index (κ2) is 16.9. The number of fused-ring (bicyclic) bond motifs is 6. The SMILES string of the molecule is C=C1C[C@@H]2CC[C@@]34C[C@H]5O[C@@H]6[C@@H](O3)[C@H]3O[C@H](CC[C@@H]3O[C@H]6C5O4)CC(=O)C[C@@H]3[C@@H](OC)[C@@H](C[C@@H](CN)OCC[Si](C)(C)O)O[C@H]3C[C@H]3O[C@@H](CC[C@@H]1O2)C[C@@H](C)C3=C. The molecule has 0 amide bonds. The van der Waals surface area contributed by atoms with Gasteiger partial charge in [0.1, 0.15) is 36.3 Å². The van der Waals surface area contributed by atoms with Crippen LogP contribution in [0.4, 0.5) is 0 Å². The van der Waals surface area contributed by atoms with E-state index in [0.29, 0.717) is 44.9 Å². The normalized spacial score (nSPS) is 48.5. The second-order valence-electron chi connectivity index (χ2n) is 19.8. The number of hydrogen-bond acceptors (Lipinski definition) is 13. The first-order valence-corrected chi connectivity index (χ1v) is 25.7. The Hall–Kier alpha value is -1.11. The number of rotatable bonds is 8. The summed E-state index contributed by atoms with van der Waals surface area (Å²) in [5, 5.41) is 0. The first kappa shape index (κ1) is 42.2. The minimum atomic E-state index is -2.28. The van der Waals surface area contributed by atoms with E-state index in [9.17, 15) is 9.59 Å². The van der Waals surface area contributed by atoms with Crippen molar-refractivity contribution in [1.29, 1.82) is 0 Å². The third-order valence-electron chi connectivity index (χ3n) is 15.0. The standard InChI is InChI=1S/C44H69NO12Si/c1-23-15-27-7-9-32-24(2)16-29(50-32)11-12-44-21-37-40(56-44)41-42(55-37)43(57-44)39-33(54-41)10-8-28(52-39)17-26(46)18-31-35(20-34(51-27)25(23)3)53-36(38(31)48-4)19-30(22-45)49-13-14-58(5,6)47/h23,27-43,47H,2-3,7-22,45H2,1,4-6H3/t23-,27+,28-,29+,30+,31+,32+,33+,34-,35+,36-,37-,38-,39+,40?,41+,42+,43+,44+/m1/s1. The summed E-state index contributed by atoms with van der Waals surface area (Å²) in [4.78, 5) is 24.7. The highest BCUT2D eigenvalue weighted by Crippen LogP contribution is 2.54. The van der Waals surface area contributed by atoms with Crippen molar-refractivity contribution in [3.63, 3.8) is 0 Å². The van der Waals surface area contributed by atoms with Crippen molar-refractivity contribution >= 4 is 14.1 Å². The van der Waals surface area contributed by atoms with E-state index < -0.39 is 14.1 Å².